The molecule has 0 fully saturated rings. The third kappa shape index (κ3) is 2.17. The second-order valence-electron chi connectivity index (χ2n) is 4.00. The van der Waals surface area contributed by atoms with Crippen molar-refractivity contribution < 1.29 is 0 Å². The van der Waals surface area contributed by atoms with Crippen molar-refractivity contribution in [2.24, 2.45) is 0 Å². The van der Waals surface area contributed by atoms with Crippen LogP contribution >= 0.6 is 47.0 Å². The fraction of sp³-hybridized carbons (Fsp3) is 0. The highest BCUT2D eigenvalue weighted by molar-refractivity contribution is 7.71. The number of halogens is 3. The second kappa shape index (κ2) is 4.84. The maximum Gasteiger partial charge on any atom is 0.182 e. The highest BCUT2D eigenvalue weighted by Crippen LogP contribution is 2.31. The third-order valence-electron chi connectivity index (χ3n) is 2.80. The van der Waals surface area contributed by atoms with E-state index in [0.29, 0.717) is 25.5 Å². The Hall–Kier alpha value is -1.000. The number of rotatable bonds is 1. The minimum atomic E-state index is 0.521. The van der Waals surface area contributed by atoms with Crippen molar-refractivity contribution in [2.45, 2.75) is 0 Å². The summed E-state index contributed by atoms with van der Waals surface area (Å²) in [6.45, 7) is 0. The molecule has 3 aromatic rings. The first-order valence-electron chi connectivity index (χ1n) is 5.42. The predicted octanol–water partition coefficient (Wildman–Crippen LogP) is 5.65. The Morgan fingerprint density at radius 2 is 1.79 bits per heavy atom. The number of nitrogens with zero attached hydrogens (tertiary/aromatic N) is 1. The minimum Gasteiger partial charge on any atom is -0.330 e. The van der Waals surface area contributed by atoms with E-state index in [4.69, 9.17) is 47.0 Å². The number of H-pyrrole nitrogens is 1. The summed E-state index contributed by atoms with van der Waals surface area (Å²) >= 11 is 23.9. The van der Waals surface area contributed by atoms with Crippen LogP contribution < -0.4 is 0 Å². The quantitative estimate of drug-likeness (QED) is 0.572. The van der Waals surface area contributed by atoms with Gasteiger partial charge in [0.05, 0.1) is 26.8 Å². The van der Waals surface area contributed by atoms with E-state index < -0.39 is 0 Å². The molecule has 1 N–H and O–H groups in total. The largest absolute Gasteiger partial charge is 0.330 e. The molecular weight excluding hydrogens is 323 g/mol. The standard InChI is InChI=1S/C13H7Cl3N2S/c14-7-4-5-8(15)11(6-7)18-12-9(16)2-1-3-10(12)17-13(18)19/h1-6H,(H,17,19). The summed E-state index contributed by atoms with van der Waals surface area (Å²) in [5.41, 5.74) is 2.35. The number of hydrogen-bond acceptors (Lipinski definition) is 1. The van der Waals surface area contributed by atoms with Crippen LogP contribution in [0.15, 0.2) is 36.4 Å². The van der Waals surface area contributed by atoms with Gasteiger partial charge in [0.1, 0.15) is 0 Å². The molecule has 2 aromatic carbocycles. The Labute approximate surface area is 129 Å². The van der Waals surface area contributed by atoms with Crippen molar-refractivity contribution in [1.29, 1.82) is 0 Å². The number of hydrogen-bond donors (Lipinski definition) is 1. The number of benzene rings is 2. The topological polar surface area (TPSA) is 20.7 Å². The fourth-order valence-electron chi connectivity index (χ4n) is 2.00. The summed E-state index contributed by atoms with van der Waals surface area (Å²) in [5.74, 6) is 0. The Bertz CT molecular complexity index is 836. The molecule has 0 amide bonds. The van der Waals surface area contributed by atoms with Crippen molar-refractivity contribution in [3.8, 4) is 5.69 Å². The molecule has 0 saturated heterocycles. The number of imidazole rings is 1. The summed E-state index contributed by atoms with van der Waals surface area (Å²) in [6.07, 6.45) is 0. The normalized spacial score (nSPS) is 11.1. The molecule has 2 nitrogen and oxygen atoms in total. The lowest BCUT2D eigenvalue weighted by Gasteiger charge is -2.08. The van der Waals surface area contributed by atoms with Crippen LogP contribution in [-0.2, 0) is 0 Å². The third-order valence-corrected chi connectivity index (χ3v) is 3.95. The smallest absolute Gasteiger partial charge is 0.182 e. The molecule has 96 valence electrons. The highest BCUT2D eigenvalue weighted by Gasteiger charge is 2.12. The maximum atomic E-state index is 6.25. The minimum absolute atomic E-state index is 0.521. The van der Waals surface area contributed by atoms with E-state index >= 15 is 0 Å². The van der Waals surface area contributed by atoms with Crippen LogP contribution in [0.5, 0.6) is 0 Å². The van der Waals surface area contributed by atoms with Crippen LogP contribution in [0.25, 0.3) is 16.7 Å². The molecule has 0 aliphatic heterocycles. The van der Waals surface area contributed by atoms with E-state index in [1.807, 2.05) is 12.1 Å². The molecule has 0 saturated carbocycles. The maximum absolute atomic E-state index is 6.25. The summed E-state index contributed by atoms with van der Waals surface area (Å²) in [5, 5.41) is 1.74. The Balaban J connectivity index is 2.46. The molecule has 0 unspecified atom stereocenters. The van der Waals surface area contributed by atoms with Gasteiger partial charge in [0.25, 0.3) is 0 Å². The summed E-state index contributed by atoms with van der Waals surface area (Å²) in [7, 11) is 0. The van der Waals surface area contributed by atoms with E-state index in [-0.39, 0.29) is 0 Å². The first kappa shape index (κ1) is 13.0. The van der Waals surface area contributed by atoms with Crippen LogP contribution in [0, 0.1) is 4.77 Å². The average molecular weight is 330 g/mol. The van der Waals surface area contributed by atoms with Gasteiger partial charge in [-0.2, -0.15) is 0 Å². The lowest BCUT2D eigenvalue weighted by atomic mass is 10.3. The van der Waals surface area contributed by atoms with E-state index in [1.165, 1.54) is 0 Å². The van der Waals surface area contributed by atoms with Crippen LogP contribution in [0.1, 0.15) is 0 Å². The molecule has 6 heteroatoms. The SMILES string of the molecule is S=c1[nH]c2cccc(Cl)c2n1-c1cc(Cl)ccc1Cl. The molecule has 0 aliphatic carbocycles. The molecule has 0 radical (unpaired) electrons. The van der Waals surface area contributed by atoms with Crippen molar-refractivity contribution in [1.82, 2.24) is 9.55 Å². The Morgan fingerprint density at radius 3 is 2.58 bits per heavy atom. The van der Waals surface area contributed by atoms with Crippen LogP contribution in [0.2, 0.25) is 15.1 Å². The molecule has 0 spiro atoms. The number of aromatic nitrogens is 2. The van der Waals surface area contributed by atoms with Crippen molar-refractivity contribution >= 4 is 58.1 Å². The van der Waals surface area contributed by atoms with Crippen LogP contribution in [-0.4, -0.2) is 9.55 Å². The zero-order chi connectivity index (χ0) is 13.6. The van der Waals surface area contributed by atoms with E-state index in [2.05, 4.69) is 4.98 Å². The fourth-order valence-corrected chi connectivity index (χ4v) is 2.93. The van der Waals surface area contributed by atoms with Gasteiger partial charge < -0.3 is 4.98 Å². The highest BCUT2D eigenvalue weighted by atomic mass is 35.5. The number of fused-ring (bicyclic) bond motifs is 1. The molecule has 1 heterocycles. The second-order valence-corrected chi connectivity index (χ2v) is 5.63. The van der Waals surface area contributed by atoms with Crippen LogP contribution in [0.3, 0.4) is 0 Å². The van der Waals surface area contributed by atoms with Gasteiger partial charge in [-0.1, -0.05) is 40.9 Å². The van der Waals surface area contributed by atoms with Gasteiger partial charge in [0.2, 0.25) is 0 Å². The van der Waals surface area contributed by atoms with Crippen molar-refractivity contribution in [3.05, 3.63) is 56.2 Å². The molecule has 0 bridgehead atoms. The van der Waals surface area contributed by atoms with Gasteiger partial charge >= 0.3 is 0 Å². The molecule has 3 rings (SSSR count). The number of aromatic amines is 1. The first-order chi connectivity index (χ1) is 9.08. The van der Waals surface area contributed by atoms with E-state index in [9.17, 15) is 0 Å². The first-order valence-corrected chi connectivity index (χ1v) is 6.97. The van der Waals surface area contributed by atoms with E-state index in [1.54, 1.807) is 28.8 Å². The predicted molar refractivity (Wildman–Crippen MR) is 83.5 cm³/mol. The van der Waals surface area contributed by atoms with Gasteiger partial charge in [0, 0.05) is 5.02 Å². The van der Waals surface area contributed by atoms with Crippen molar-refractivity contribution in [2.75, 3.05) is 0 Å². The molecule has 0 atom stereocenters. The lowest BCUT2D eigenvalue weighted by Crippen LogP contribution is -1.95. The Morgan fingerprint density at radius 1 is 1.00 bits per heavy atom. The Kier molecular flexibility index (Phi) is 3.31. The van der Waals surface area contributed by atoms with Crippen molar-refractivity contribution in [3.63, 3.8) is 0 Å². The summed E-state index contributed by atoms with van der Waals surface area (Å²) < 4.78 is 2.31. The zero-order valence-electron chi connectivity index (χ0n) is 9.45. The summed E-state index contributed by atoms with van der Waals surface area (Å²) in [6, 6.07) is 10.8. The number of nitrogens with one attached hydrogen (secondary N) is 1. The summed E-state index contributed by atoms with van der Waals surface area (Å²) in [4.78, 5) is 3.10. The number of para-hydroxylation sites is 1. The average Bonchev–Trinajstić information content (AvgIpc) is 2.70. The molecule has 19 heavy (non-hydrogen) atoms. The molecule has 1 aromatic heterocycles. The van der Waals surface area contributed by atoms with Gasteiger partial charge in [-0.3, -0.25) is 4.57 Å². The monoisotopic (exact) mass is 328 g/mol. The van der Waals surface area contributed by atoms with Crippen LogP contribution in [0.4, 0.5) is 0 Å². The molecule has 0 aliphatic rings. The molecular formula is C13H7Cl3N2S. The van der Waals surface area contributed by atoms with Gasteiger partial charge in [-0.05, 0) is 42.5 Å². The van der Waals surface area contributed by atoms with Gasteiger partial charge in [0.15, 0.2) is 4.77 Å². The van der Waals surface area contributed by atoms with Gasteiger partial charge in [-0.25, -0.2) is 0 Å². The van der Waals surface area contributed by atoms with E-state index in [0.717, 1.165) is 11.0 Å². The van der Waals surface area contributed by atoms with Gasteiger partial charge in [-0.15, -0.1) is 0 Å². The zero-order valence-corrected chi connectivity index (χ0v) is 12.5. The lowest BCUT2D eigenvalue weighted by molar-refractivity contribution is 1.07.